The number of hydrogen-bond donors (Lipinski definition) is 2. The molecule has 1 aliphatic carbocycles. The number of rotatable bonds is 6. The number of nitrogens with zero attached hydrogens (tertiary/aromatic N) is 1. The van der Waals surface area contributed by atoms with E-state index >= 15 is 0 Å². The van der Waals surface area contributed by atoms with Crippen molar-refractivity contribution in [2.75, 3.05) is 6.61 Å². The van der Waals surface area contributed by atoms with Gasteiger partial charge in [0.2, 0.25) is 10.0 Å². The zero-order chi connectivity index (χ0) is 15.8. The van der Waals surface area contributed by atoms with Gasteiger partial charge in [0.25, 0.3) is 5.69 Å². The minimum Gasteiger partial charge on any atom is -0.394 e. The lowest BCUT2D eigenvalue weighted by Gasteiger charge is -2.28. The molecule has 0 spiro atoms. The molecule has 1 saturated carbocycles. The van der Waals surface area contributed by atoms with E-state index in [4.69, 9.17) is 0 Å². The summed E-state index contributed by atoms with van der Waals surface area (Å²) >= 11 is 0. The zero-order valence-electron chi connectivity index (χ0n) is 11.9. The number of aliphatic hydroxyl groups is 1. The fourth-order valence-corrected chi connectivity index (χ4v) is 4.14. The van der Waals surface area contributed by atoms with E-state index in [0.717, 1.165) is 12.8 Å². The van der Waals surface area contributed by atoms with Crippen molar-refractivity contribution in [3.05, 3.63) is 33.9 Å². The Hall–Kier alpha value is -1.51. The molecule has 1 atom stereocenters. The Labute approximate surface area is 123 Å². The number of aliphatic hydroxyl groups excluding tert-OH is 1. The SMILES string of the molecule is Cc1c([N+](=O)[O-])cccc1S(=O)(=O)N[C@@](C)(CO)C1CC1. The Morgan fingerprint density at radius 3 is 2.57 bits per heavy atom. The second-order valence-corrected chi connectivity index (χ2v) is 7.26. The Kier molecular flexibility index (Phi) is 4.05. The van der Waals surface area contributed by atoms with Crippen LogP contribution in [0, 0.1) is 23.0 Å². The van der Waals surface area contributed by atoms with Crippen molar-refractivity contribution in [1.29, 1.82) is 0 Å². The maximum absolute atomic E-state index is 12.5. The number of sulfonamides is 1. The number of hydrogen-bond acceptors (Lipinski definition) is 5. The highest BCUT2D eigenvalue weighted by Crippen LogP contribution is 2.40. The first kappa shape index (κ1) is 15.9. The Balaban J connectivity index is 2.40. The number of nitro groups is 1. The van der Waals surface area contributed by atoms with Crippen molar-refractivity contribution < 1.29 is 18.4 Å². The average molecular weight is 314 g/mol. The maximum atomic E-state index is 12.5. The lowest BCUT2D eigenvalue weighted by Crippen LogP contribution is -2.50. The van der Waals surface area contributed by atoms with Crippen LogP contribution in [0.25, 0.3) is 0 Å². The third-order valence-corrected chi connectivity index (χ3v) is 5.67. The molecule has 116 valence electrons. The minimum atomic E-state index is -3.94. The van der Waals surface area contributed by atoms with Gasteiger partial charge in [-0.25, -0.2) is 13.1 Å². The Morgan fingerprint density at radius 1 is 1.48 bits per heavy atom. The largest absolute Gasteiger partial charge is 0.394 e. The molecule has 1 aromatic carbocycles. The van der Waals surface area contributed by atoms with E-state index in [2.05, 4.69) is 4.72 Å². The van der Waals surface area contributed by atoms with Crippen LogP contribution in [0.1, 0.15) is 25.3 Å². The molecule has 1 fully saturated rings. The molecule has 0 aromatic heterocycles. The van der Waals surface area contributed by atoms with Crippen molar-refractivity contribution in [2.45, 2.75) is 37.1 Å². The van der Waals surface area contributed by atoms with Crippen LogP contribution in [-0.4, -0.2) is 30.6 Å². The summed E-state index contributed by atoms with van der Waals surface area (Å²) in [6.07, 6.45) is 1.71. The summed E-state index contributed by atoms with van der Waals surface area (Å²) in [6.45, 7) is 2.74. The summed E-state index contributed by atoms with van der Waals surface area (Å²) in [4.78, 5) is 10.2. The number of nitro benzene ring substituents is 1. The van der Waals surface area contributed by atoms with Crippen molar-refractivity contribution in [2.24, 2.45) is 5.92 Å². The Bertz CT molecular complexity index is 669. The topological polar surface area (TPSA) is 110 Å². The summed E-state index contributed by atoms with van der Waals surface area (Å²) in [5, 5.41) is 20.4. The van der Waals surface area contributed by atoms with Crippen molar-refractivity contribution in [3.8, 4) is 0 Å². The Morgan fingerprint density at radius 2 is 2.10 bits per heavy atom. The number of benzene rings is 1. The standard InChI is InChI=1S/C13H18N2O5S/c1-9-11(15(17)18)4-3-5-12(9)21(19,20)14-13(2,8-16)10-6-7-10/h3-5,10,14,16H,6-8H2,1-2H3/t13-/m0/s1. The molecule has 2 N–H and O–H groups in total. The van der Waals surface area contributed by atoms with Crippen LogP contribution in [0.4, 0.5) is 5.69 Å². The van der Waals surface area contributed by atoms with Crippen molar-refractivity contribution >= 4 is 15.7 Å². The van der Waals surface area contributed by atoms with Crippen LogP contribution in [-0.2, 0) is 10.0 Å². The normalized spacial score (nSPS) is 18.2. The molecule has 1 aliphatic rings. The van der Waals surface area contributed by atoms with Crippen LogP contribution < -0.4 is 4.72 Å². The van der Waals surface area contributed by atoms with Crippen LogP contribution in [0.5, 0.6) is 0 Å². The number of nitrogens with one attached hydrogen (secondary N) is 1. The molecule has 0 unspecified atom stereocenters. The molecule has 0 bridgehead atoms. The predicted molar refractivity (Wildman–Crippen MR) is 76.4 cm³/mol. The molecule has 7 nitrogen and oxygen atoms in total. The molecule has 0 radical (unpaired) electrons. The van der Waals surface area contributed by atoms with E-state index in [1.54, 1.807) is 6.92 Å². The van der Waals surface area contributed by atoms with Gasteiger partial charge in [-0.15, -0.1) is 0 Å². The van der Waals surface area contributed by atoms with Gasteiger partial charge in [0.1, 0.15) is 0 Å². The minimum absolute atomic E-state index is 0.0890. The lowest BCUT2D eigenvalue weighted by atomic mass is 9.99. The first-order chi connectivity index (χ1) is 9.71. The third kappa shape index (κ3) is 3.07. The zero-order valence-corrected chi connectivity index (χ0v) is 12.7. The highest BCUT2D eigenvalue weighted by molar-refractivity contribution is 7.89. The molecule has 2 rings (SSSR count). The highest BCUT2D eigenvalue weighted by Gasteiger charge is 2.44. The molecule has 0 aliphatic heterocycles. The van der Waals surface area contributed by atoms with E-state index in [-0.39, 0.29) is 28.7 Å². The van der Waals surface area contributed by atoms with Gasteiger partial charge in [0.15, 0.2) is 0 Å². The van der Waals surface area contributed by atoms with Crippen LogP contribution >= 0.6 is 0 Å². The average Bonchev–Trinajstić information content (AvgIpc) is 3.22. The van der Waals surface area contributed by atoms with Gasteiger partial charge >= 0.3 is 0 Å². The molecule has 0 saturated heterocycles. The maximum Gasteiger partial charge on any atom is 0.273 e. The third-order valence-electron chi connectivity index (χ3n) is 3.92. The summed E-state index contributed by atoms with van der Waals surface area (Å²) in [5.41, 5.74) is -1.09. The smallest absolute Gasteiger partial charge is 0.273 e. The summed E-state index contributed by atoms with van der Waals surface area (Å²) in [5.74, 6) is 0.0938. The molecular weight excluding hydrogens is 296 g/mol. The van der Waals surface area contributed by atoms with Gasteiger partial charge in [-0.2, -0.15) is 0 Å². The van der Waals surface area contributed by atoms with E-state index < -0.39 is 20.5 Å². The molecule has 1 aromatic rings. The van der Waals surface area contributed by atoms with Gasteiger partial charge < -0.3 is 5.11 Å². The molecule has 21 heavy (non-hydrogen) atoms. The van der Waals surface area contributed by atoms with Gasteiger partial charge in [-0.3, -0.25) is 10.1 Å². The van der Waals surface area contributed by atoms with E-state index in [1.807, 2.05) is 0 Å². The lowest BCUT2D eigenvalue weighted by molar-refractivity contribution is -0.385. The summed E-state index contributed by atoms with van der Waals surface area (Å²) in [7, 11) is -3.94. The first-order valence-corrected chi connectivity index (χ1v) is 8.08. The van der Waals surface area contributed by atoms with Gasteiger partial charge in [-0.1, -0.05) is 6.07 Å². The monoisotopic (exact) mass is 314 g/mol. The summed E-state index contributed by atoms with van der Waals surface area (Å²) < 4.78 is 27.5. The van der Waals surface area contributed by atoms with Crippen LogP contribution in [0.3, 0.4) is 0 Å². The predicted octanol–water partition coefficient (Wildman–Crippen LogP) is 1.34. The molecule has 0 heterocycles. The van der Waals surface area contributed by atoms with Gasteiger partial charge in [0, 0.05) is 11.6 Å². The van der Waals surface area contributed by atoms with E-state index in [9.17, 15) is 23.6 Å². The molecular formula is C13H18N2O5S. The van der Waals surface area contributed by atoms with Crippen molar-refractivity contribution in [1.82, 2.24) is 4.72 Å². The quantitative estimate of drug-likeness (QED) is 0.608. The summed E-state index contributed by atoms with van der Waals surface area (Å²) in [6, 6.07) is 3.93. The fourth-order valence-electron chi connectivity index (χ4n) is 2.42. The molecule has 0 amide bonds. The second kappa shape index (κ2) is 5.36. The van der Waals surface area contributed by atoms with E-state index in [0.29, 0.717) is 0 Å². The van der Waals surface area contributed by atoms with Crippen LogP contribution in [0.2, 0.25) is 0 Å². The van der Waals surface area contributed by atoms with E-state index in [1.165, 1.54) is 25.1 Å². The fraction of sp³-hybridized carbons (Fsp3) is 0.538. The first-order valence-electron chi connectivity index (χ1n) is 6.60. The van der Waals surface area contributed by atoms with Gasteiger partial charge in [0.05, 0.1) is 22.0 Å². The van der Waals surface area contributed by atoms with Crippen molar-refractivity contribution in [3.63, 3.8) is 0 Å². The van der Waals surface area contributed by atoms with Gasteiger partial charge in [-0.05, 0) is 38.7 Å². The van der Waals surface area contributed by atoms with Crippen LogP contribution in [0.15, 0.2) is 23.1 Å². The second-order valence-electron chi connectivity index (χ2n) is 5.61. The molecule has 8 heteroatoms. The highest BCUT2D eigenvalue weighted by atomic mass is 32.2.